The fraction of sp³-hybridized carbons (Fsp3) is 0.500. The van der Waals surface area contributed by atoms with Crippen molar-refractivity contribution in [1.82, 2.24) is 0 Å². The Bertz CT molecular complexity index is 303. The van der Waals surface area contributed by atoms with Gasteiger partial charge in [-0.1, -0.05) is 24.3 Å². The molecule has 0 aromatic rings. The minimum absolute atomic E-state index is 1.16. The van der Waals surface area contributed by atoms with Crippen LogP contribution in [0, 0.1) is 0 Å². The Morgan fingerprint density at radius 2 is 0.700 bits per heavy atom. The predicted octanol–water partition coefficient (Wildman–Crippen LogP) is 4.62. The average Bonchev–Trinajstić information content (AvgIpc) is 2.46. The van der Waals surface area contributed by atoms with Gasteiger partial charge in [0.25, 0.3) is 0 Å². The second-order valence-corrected chi connectivity index (χ2v) is 4.24. The number of hydrogen-bond donors (Lipinski definition) is 0. The third-order valence-electron chi connectivity index (χ3n) is 2.54. The van der Waals surface area contributed by atoms with Crippen LogP contribution in [-0.2, 0) is 18.9 Å². The summed E-state index contributed by atoms with van der Waals surface area (Å²) >= 11 is 0. The molecule has 0 radical (unpaired) electrons. The molecule has 0 unspecified atom stereocenters. The van der Waals surface area contributed by atoms with E-state index in [1.54, 1.807) is 63.2 Å². The first kappa shape index (κ1) is 18.2. The molecule has 0 aromatic carbocycles. The van der Waals surface area contributed by atoms with E-state index in [4.69, 9.17) is 18.9 Å². The molecule has 0 saturated heterocycles. The van der Waals surface area contributed by atoms with Crippen LogP contribution < -0.4 is 0 Å². The van der Waals surface area contributed by atoms with Crippen molar-refractivity contribution >= 4 is 0 Å². The van der Waals surface area contributed by atoms with E-state index in [0.717, 1.165) is 0 Å². The van der Waals surface area contributed by atoms with Gasteiger partial charge < -0.3 is 18.9 Å². The molecule has 4 heteroatoms. The van der Waals surface area contributed by atoms with Gasteiger partial charge in [0, 0.05) is 13.8 Å². The maximum atomic E-state index is 5.67. The maximum absolute atomic E-state index is 5.67. The lowest BCUT2D eigenvalue weighted by Gasteiger charge is -2.41. The van der Waals surface area contributed by atoms with Crippen LogP contribution in [0.5, 0.6) is 0 Å². The fourth-order valence-corrected chi connectivity index (χ4v) is 1.28. The van der Waals surface area contributed by atoms with Crippen molar-refractivity contribution in [1.29, 1.82) is 0 Å². The van der Waals surface area contributed by atoms with Crippen LogP contribution in [0.15, 0.2) is 49.4 Å². The first-order chi connectivity index (χ1) is 9.49. The van der Waals surface area contributed by atoms with Crippen molar-refractivity contribution in [3.8, 4) is 0 Å². The summed E-state index contributed by atoms with van der Waals surface area (Å²) in [5.41, 5.74) is 0. The Morgan fingerprint density at radius 3 is 0.850 bits per heavy atom. The van der Waals surface area contributed by atoms with Crippen molar-refractivity contribution < 1.29 is 18.9 Å². The Morgan fingerprint density at radius 1 is 0.500 bits per heavy atom. The Labute approximate surface area is 122 Å². The van der Waals surface area contributed by atoms with E-state index in [0.29, 0.717) is 0 Å². The lowest BCUT2D eigenvalue weighted by atomic mass is 10.1. The molecule has 0 aliphatic heterocycles. The minimum atomic E-state index is -1.16. The summed E-state index contributed by atoms with van der Waals surface area (Å²) in [6.07, 6.45) is 13.2. The third-order valence-corrected chi connectivity index (χ3v) is 2.54. The monoisotopic (exact) mass is 282 g/mol. The van der Waals surface area contributed by atoms with Crippen LogP contribution >= 0.6 is 0 Å². The molecule has 0 saturated carbocycles. The molecule has 20 heavy (non-hydrogen) atoms. The highest BCUT2D eigenvalue weighted by Crippen LogP contribution is 2.34. The Balaban J connectivity index is 5.44. The summed E-state index contributed by atoms with van der Waals surface area (Å²) < 4.78 is 22.7. The minimum Gasteiger partial charge on any atom is -0.454 e. The molecular weight excluding hydrogens is 256 g/mol. The number of ether oxygens (including phenoxy) is 4. The SMILES string of the molecule is CC=COC(C)(OC=CC)C(C)(OC=CC)OC=CC. The van der Waals surface area contributed by atoms with Crippen molar-refractivity contribution in [3.63, 3.8) is 0 Å². The van der Waals surface area contributed by atoms with Gasteiger partial charge in [-0.2, -0.15) is 0 Å². The van der Waals surface area contributed by atoms with Gasteiger partial charge in [-0.3, -0.25) is 0 Å². The van der Waals surface area contributed by atoms with E-state index >= 15 is 0 Å². The van der Waals surface area contributed by atoms with Gasteiger partial charge in [0.05, 0.1) is 25.0 Å². The predicted molar refractivity (Wildman–Crippen MR) is 80.4 cm³/mol. The normalized spacial score (nSPS) is 18.5. The zero-order valence-corrected chi connectivity index (χ0v) is 13.3. The average molecular weight is 282 g/mol. The van der Waals surface area contributed by atoms with Crippen LogP contribution in [0.3, 0.4) is 0 Å². The van der Waals surface area contributed by atoms with Crippen molar-refractivity contribution in [2.24, 2.45) is 0 Å². The number of hydrogen-bond acceptors (Lipinski definition) is 4. The highest BCUT2D eigenvalue weighted by atomic mass is 16.8. The van der Waals surface area contributed by atoms with Crippen LogP contribution in [0.25, 0.3) is 0 Å². The first-order valence-electron chi connectivity index (χ1n) is 6.65. The topological polar surface area (TPSA) is 36.9 Å². The fourth-order valence-electron chi connectivity index (χ4n) is 1.28. The smallest absolute Gasteiger partial charge is 0.325 e. The second-order valence-electron chi connectivity index (χ2n) is 4.24. The van der Waals surface area contributed by atoms with Gasteiger partial charge in [-0.05, 0) is 27.7 Å². The molecule has 0 heterocycles. The van der Waals surface area contributed by atoms with Crippen LogP contribution in [0.2, 0.25) is 0 Å². The lowest BCUT2D eigenvalue weighted by molar-refractivity contribution is -0.343. The Kier molecular flexibility index (Phi) is 8.29. The molecule has 4 nitrogen and oxygen atoms in total. The van der Waals surface area contributed by atoms with Crippen LogP contribution in [-0.4, -0.2) is 11.6 Å². The summed E-state index contributed by atoms with van der Waals surface area (Å²) in [7, 11) is 0. The number of rotatable bonds is 9. The molecular formula is C16H26O4. The lowest BCUT2D eigenvalue weighted by Crippen LogP contribution is -2.54. The highest BCUT2D eigenvalue weighted by Gasteiger charge is 2.53. The molecule has 0 bridgehead atoms. The summed E-state index contributed by atoms with van der Waals surface area (Å²) in [5, 5.41) is 0. The summed E-state index contributed by atoms with van der Waals surface area (Å²) in [6.45, 7) is 10.9. The molecule has 0 atom stereocenters. The van der Waals surface area contributed by atoms with Crippen LogP contribution in [0.1, 0.15) is 41.5 Å². The molecule has 0 aliphatic carbocycles. The van der Waals surface area contributed by atoms with Gasteiger partial charge in [-0.15, -0.1) is 0 Å². The van der Waals surface area contributed by atoms with Gasteiger partial charge in [0.1, 0.15) is 0 Å². The summed E-state index contributed by atoms with van der Waals surface area (Å²) in [5.74, 6) is -2.32. The van der Waals surface area contributed by atoms with Gasteiger partial charge in [0.15, 0.2) is 0 Å². The van der Waals surface area contributed by atoms with E-state index in [9.17, 15) is 0 Å². The largest absolute Gasteiger partial charge is 0.454 e. The van der Waals surface area contributed by atoms with Crippen molar-refractivity contribution in [2.75, 3.05) is 0 Å². The van der Waals surface area contributed by atoms with Crippen molar-refractivity contribution in [3.05, 3.63) is 49.4 Å². The number of allylic oxidation sites excluding steroid dienone is 4. The molecule has 0 fully saturated rings. The molecule has 0 amide bonds. The van der Waals surface area contributed by atoms with E-state index in [1.165, 1.54) is 0 Å². The first-order valence-corrected chi connectivity index (χ1v) is 6.65. The van der Waals surface area contributed by atoms with E-state index in [-0.39, 0.29) is 0 Å². The van der Waals surface area contributed by atoms with Gasteiger partial charge >= 0.3 is 11.6 Å². The van der Waals surface area contributed by atoms with Gasteiger partial charge in [0.2, 0.25) is 0 Å². The standard InChI is InChI=1S/C16H26O4/c1-7-11-17-15(5,18-12-8-2)16(6,19-13-9-3)20-14-10-4/h7-14H,1-6H3. The van der Waals surface area contributed by atoms with Gasteiger partial charge in [-0.25, -0.2) is 0 Å². The molecule has 0 spiro atoms. The Hall–Kier alpha value is -1.84. The van der Waals surface area contributed by atoms with E-state index < -0.39 is 11.6 Å². The van der Waals surface area contributed by atoms with E-state index in [1.807, 2.05) is 27.7 Å². The molecule has 0 aliphatic rings. The zero-order chi connectivity index (χ0) is 15.5. The highest BCUT2D eigenvalue weighted by molar-refractivity contribution is 4.91. The van der Waals surface area contributed by atoms with Crippen LogP contribution in [0.4, 0.5) is 0 Å². The maximum Gasteiger partial charge on any atom is 0.325 e. The van der Waals surface area contributed by atoms with E-state index in [2.05, 4.69) is 0 Å². The van der Waals surface area contributed by atoms with Crippen molar-refractivity contribution in [2.45, 2.75) is 53.1 Å². The third kappa shape index (κ3) is 5.03. The molecule has 114 valence electrons. The molecule has 0 N–H and O–H groups in total. The molecule has 0 rings (SSSR count). The zero-order valence-electron chi connectivity index (χ0n) is 13.3. The summed E-state index contributed by atoms with van der Waals surface area (Å²) in [4.78, 5) is 0. The second kappa shape index (κ2) is 9.13. The quantitative estimate of drug-likeness (QED) is 0.457. The summed E-state index contributed by atoms with van der Waals surface area (Å²) in [6, 6.07) is 0. The molecule has 0 aromatic heterocycles.